The van der Waals surface area contributed by atoms with Gasteiger partial charge in [0.05, 0.1) is 5.02 Å². The molecule has 0 fully saturated rings. The van der Waals surface area contributed by atoms with Crippen LogP contribution in [0.25, 0.3) is 0 Å². The number of rotatable bonds is 0. The van der Waals surface area contributed by atoms with Crippen LogP contribution >= 0.6 is 11.6 Å². The number of halogens is 1. The van der Waals surface area contributed by atoms with Gasteiger partial charge in [0.15, 0.2) is 0 Å². The van der Waals surface area contributed by atoms with E-state index in [-0.39, 0.29) is 35.3 Å². The van der Waals surface area contributed by atoms with Gasteiger partial charge in [-0.25, -0.2) is 0 Å². The summed E-state index contributed by atoms with van der Waals surface area (Å²) in [5.74, 6) is 0.133. The molecule has 0 aliphatic heterocycles. The van der Waals surface area contributed by atoms with Gasteiger partial charge in [-0.1, -0.05) is 23.7 Å². The molecular formula is C6H8ClNaO5S. The van der Waals surface area contributed by atoms with E-state index in [4.69, 9.17) is 34.2 Å². The molecule has 1 aromatic rings. The molecule has 5 nitrogen and oxygen atoms in total. The molecular weight excluding hydrogens is 243 g/mol. The molecule has 0 bridgehead atoms. The summed E-state index contributed by atoms with van der Waals surface area (Å²) in [6.45, 7) is 0. The Morgan fingerprint density at radius 3 is 1.71 bits per heavy atom. The third-order valence-corrected chi connectivity index (χ3v) is 1.17. The summed E-state index contributed by atoms with van der Waals surface area (Å²) in [7, 11) is -4.67. The van der Waals surface area contributed by atoms with Crippen LogP contribution in [-0.2, 0) is 10.4 Å². The zero-order chi connectivity index (χ0) is 10.5. The zero-order valence-electron chi connectivity index (χ0n) is 6.25. The molecule has 14 heavy (non-hydrogen) atoms. The van der Waals surface area contributed by atoms with Gasteiger partial charge in [0, 0.05) is 0 Å². The van der Waals surface area contributed by atoms with E-state index in [0.29, 0.717) is 5.02 Å². The monoisotopic (exact) mass is 250 g/mol. The fraction of sp³-hybridized carbons (Fsp3) is 0. The first-order valence-electron chi connectivity index (χ1n) is 2.94. The zero-order valence-corrected chi connectivity index (χ0v) is 7.83. The SMILES string of the molecule is O=S(=O)(O)O.Oc1ccccc1Cl.[NaH]. The summed E-state index contributed by atoms with van der Waals surface area (Å²) in [5, 5.41) is 9.18. The summed E-state index contributed by atoms with van der Waals surface area (Å²) in [6.07, 6.45) is 0. The molecule has 0 saturated heterocycles. The maximum absolute atomic E-state index is 8.79. The molecule has 0 spiro atoms. The molecule has 0 atom stereocenters. The molecule has 0 aliphatic carbocycles. The number of hydrogen-bond acceptors (Lipinski definition) is 3. The molecule has 3 N–H and O–H groups in total. The van der Waals surface area contributed by atoms with Gasteiger partial charge in [-0.2, -0.15) is 8.42 Å². The van der Waals surface area contributed by atoms with E-state index in [2.05, 4.69) is 0 Å². The van der Waals surface area contributed by atoms with E-state index >= 15 is 0 Å². The van der Waals surface area contributed by atoms with Crippen molar-refractivity contribution in [2.24, 2.45) is 0 Å². The average molecular weight is 251 g/mol. The minimum absolute atomic E-state index is 0. The van der Waals surface area contributed by atoms with E-state index in [1.54, 1.807) is 24.3 Å². The number of phenolic OH excluding ortho intramolecular Hbond substituents is 1. The molecule has 0 unspecified atom stereocenters. The fourth-order valence-corrected chi connectivity index (χ4v) is 0.587. The molecule has 1 rings (SSSR count). The van der Waals surface area contributed by atoms with Crippen LogP contribution in [-0.4, -0.2) is 52.2 Å². The Hall–Kier alpha value is 0.180. The average Bonchev–Trinajstić information content (AvgIpc) is 1.92. The third kappa shape index (κ3) is 12.2. The van der Waals surface area contributed by atoms with Crippen LogP contribution < -0.4 is 0 Å². The predicted octanol–water partition coefficient (Wildman–Crippen LogP) is 0.744. The second kappa shape index (κ2) is 7.47. The number of benzene rings is 1. The van der Waals surface area contributed by atoms with Crippen LogP contribution in [0.3, 0.4) is 0 Å². The quantitative estimate of drug-likeness (QED) is 0.466. The molecule has 0 saturated carbocycles. The van der Waals surface area contributed by atoms with Crippen LogP contribution in [0.1, 0.15) is 0 Å². The summed E-state index contributed by atoms with van der Waals surface area (Å²) in [5.41, 5.74) is 0. The summed E-state index contributed by atoms with van der Waals surface area (Å²) in [4.78, 5) is 0. The topological polar surface area (TPSA) is 94.8 Å². The third-order valence-electron chi connectivity index (χ3n) is 0.852. The first-order valence-corrected chi connectivity index (χ1v) is 4.71. The summed E-state index contributed by atoms with van der Waals surface area (Å²) < 4.78 is 31.6. The van der Waals surface area contributed by atoms with Crippen LogP contribution in [0.15, 0.2) is 24.3 Å². The first-order chi connectivity index (χ1) is 5.80. The Morgan fingerprint density at radius 1 is 1.14 bits per heavy atom. The molecule has 76 valence electrons. The number of hydrogen-bond donors (Lipinski definition) is 3. The van der Waals surface area contributed by atoms with Gasteiger partial charge in [-0.3, -0.25) is 9.11 Å². The van der Waals surface area contributed by atoms with Gasteiger partial charge in [0.25, 0.3) is 0 Å². The van der Waals surface area contributed by atoms with Gasteiger partial charge in [-0.15, -0.1) is 0 Å². The Kier molecular flexibility index (Phi) is 8.86. The fourth-order valence-electron chi connectivity index (χ4n) is 0.452. The second-order valence-electron chi connectivity index (χ2n) is 1.90. The first kappa shape index (κ1) is 16.6. The number of para-hydroxylation sites is 1. The van der Waals surface area contributed by atoms with E-state index in [9.17, 15) is 0 Å². The van der Waals surface area contributed by atoms with Crippen molar-refractivity contribution in [2.45, 2.75) is 0 Å². The van der Waals surface area contributed by atoms with Crippen LogP contribution in [0.4, 0.5) is 0 Å². The maximum atomic E-state index is 8.79. The number of phenols is 1. The Bertz CT molecular complexity index is 337. The van der Waals surface area contributed by atoms with Crippen molar-refractivity contribution < 1.29 is 22.6 Å². The van der Waals surface area contributed by atoms with Crippen molar-refractivity contribution in [3.05, 3.63) is 29.3 Å². The molecule has 0 radical (unpaired) electrons. The normalized spacial score (nSPS) is 9.36. The standard InChI is InChI=1S/C6H5ClO.Na.H2O4S.H/c7-5-3-1-2-4-6(5)8;;1-5(2,3)4;/h1-4,8H;;(H2,1,2,3,4);. The summed E-state index contributed by atoms with van der Waals surface area (Å²) in [6, 6.07) is 6.67. The number of aromatic hydroxyl groups is 1. The Morgan fingerprint density at radius 2 is 1.50 bits per heavy atom. The van der Waals surface area contributed by atoms with E-state index < -0.39 is 10.4 Å². The second-order valence-corrected chi connectivity index (χ2v) is 3.20. The van der Waals surface area contributed by atoms with Crippen molar-refractivity contribution >= 4 is 51.6 Å². The molecule has 0 amide bonds. The van der Waals surface area contributed by atoms with Crippen LogP contribution in [0, 0.1) is 0 Å². The van der Waals surface area contributed by atoms with E-state index in [1.165, 1.54) is 0 Å². The van der Waals surface area contributed by atoms with Gasteiger partial charge < -0.3 is 5.11 Å². The molecule has 0 aliphatic rings. The van der Waals surface area contributed by atoms with Crippen molar-refractivity contribution in [3.8, 4) is 5.75 Å². The van der Waals surface area contributed by atoms with Gasteiger partial charge in [-0.05, 0) is 12.1 Å². The molecule has 8 heteroatoms. The van der Waals surface area contributed by atoms with Gasteiger partial charge >= 0.3 is 40.0 Å². The van der Waals surface area contributed by atoms with Gasteiger partial charge in [0.2, 0.25) is 0 Å². The Balaban J connectivity index is 0. The van der Waals surface area contributed by atoms with Crippen molar-refractivity contribution in [2.75, 3.05) is 0 Å². The summed E-state index contributed by atoms with van der Waals surface area (Å²) >= 11 is 5.46. The van der Waals surface area contributed by atoms with E-state index in [0.717, 1.165) is 0 Å². The van der Waals surface area contributed by atoms with Crippen LogP contribution in [0.5, 0.6) is 5.75 Å². The van der Waals surface area contributed by atoms with Crippen molar-refractivity contribution in [1.29, 1.82) is 0 Å². The molecule has 1 aromatic carbocycles. The molecule has 0 heterocycles. The van der Waals surface area contributed by atoms with E-state index in [1.807, 2.05) is 0 Å². The Labute approximate surface area is 109 Å². The predicted molar refractivity (Wildman–Crippen MR) is 54.4 cm³/mol. The van der Waals surface area contributed by atoms with Crippen LogP contribution in [0.2, 0.25) is 5.02 Å². The molecule has 0 aromatic heterocycles. The van der Waals surface area contributed by atoms with Crippen molar-refractivity contribution in [3.63, 3.8) is 0 Å². The van der Waals surface area contributed by atoms with Gasteiger partial charge in [0.1, 0.15) is 5.75 Å². The minimum atomic E-state index is -4.67. The van der Waals surface area contributed by atoms with Crippen molar-refractivity contribution in [1.82, 2.24) is 0 Å².